The fourth-order valence-corrected chi connectivity index (χ4v) is 5.46. The largest absolute Gasteiger partial charge is 0.497 e. The average molecular weight is 476 g/mol. The van der Waals surface area contributed by atoms with Gasteiger partial charge >= 0.3 is 0 Å². The molecule has 0 spiro atoms. The standard InChI is InChI=1S/C25H37N3O4S/c1-7-27(8-2)24(20-12-11-13-21(16-20)32-6)18-26-25(29)23-17-22(15-14-19(23)5)33(30,31)28(9-3)10-4/h11-17,24H,7-10,18H2,1-6H3,(H,26,29). The molecule has 0 aliphatic heterocycles. The number of nitrogens with one attached hydrogen (secondary N) is 1. The van der Waals surface area contributed by atoms with Crippen LogP contribution in [0.25, 0.3) is 0 Å². The number of rotatable bonds is 12. The third-order valence-electron chi connectivity index (χ3n) is 5.98. The third-order valence-corrected chi connectivity index (χ3v) is 8.03. The SMILES string of the molecule is CCN(CC)C(CNC(=O)c1cc(S(=O)(=O)N(CC)CC)ccc1C)c1cccc(OC)c1. The van der Waals surface area contributed by atoms with E-state index < -0.39 is 10.0 Å². The molecular weight excluding hydrogens is 438 g/mol. The molecule has 1 atom stereocenters. The van der Waals surface area contributed by atoms with Crippen LogP contribution < -0.4 is 10.1 Å². The highest BCUT2D eigenvalue weighted by atomic mass is 32.2. The van der Waals surface area contributed by atoms with Crippen LogP contribution in [0.2, 0.25) is 0 Å². The number of benzene rings is 2. The maximum Gasteiger partial charge on any atom is 0.251 e. The first kappa shape index (κ1) is 26.8. The number of carbonyl (C=O) groups is 1. The molecular formula is C25H37N3O4S. The van der Waals surface area contributed by atoms with E-state index in [1.54, 1.807) is 33.1 Å². The first-order valence-electron chi connectivity index (χ1n) is 11.5. The van der Waals surface area contributed by atoms with Gasteiger partial charge in [-0.15, -0.1) is 0 Å². The molecule has 1 unspecified atom stereocenters. The maximum absolute atomic E-state index is 13.1. The molecule has 7 nitrogen and oxygen atoms in total. The molecule has 1 amide bonds. The second kappa shape index (κ2) is 12.2. The van der Waals surface area contributed by atoms with Gasteiger partial charge in [-0.3, -0.25) is 9.69 Å². The highest BCUT2D eigenvalue weighted by Gasteiger charge is 2.24. The number of carbonyl (C=O) groups excluding carboxylic acids is 1. The van der Waals surface area contributed by atoms with E-state index in [2.05, 4.69) is 24.1 Å². The van der Waals surface area contributed by atoms with Crippen LogP contribution >= 0.6 is 0 Å². The lowest BCUT2D eigenvalue weighted by atomic mass is 10.0. The van der Waals surface area contributed by atoms with Gasteiger partial charge in [-0.2, -0.15) is 4.31 Å². The normalized spacial score (nSPS) is 12.7. The summed E-state index contributed by atoms with van der Waals surface area (Å²) in [4.78, 5) is 15.6. The van der Waals surface area contributed by atoms with Crippen molar-refractivity contribution in [2.45, 2.75) is 45.6 Å². The number of methoxy groups -OCH3 is 1. The van der Waals surface area contributed by atoms with E-state index in [0.29, 0.717) is 25.2 Å². The Labute approximate surface area is 198 Å². The molecule has 0 saturated heterocycles. The summed E-state index contributed by atoms with van der Waals surface area (Å²) in [5.41, 5.74) is 2.15. The van der Waals surface area contributed by atoms with E-state index in [0.717, 1.165) is 30.0 Å². The number of amides is 1. The second-order valence-electron chi connectivity index (χ2n) is 7.79. The topological polar surface area (TPSA) is 79.0 Å². The van der Waals surface area contributed by atoms with Gasteiger partial charge in [0.25, 0.3) is 5.91 Å². The lowest BCUT2D eigenvalue weighted by molar-refractivity contribution is 0.0934. The van der Waals surface area contributed by atoms with Crippen molar-refractivity contribution in [2.24, 2.45) is 0 Å². The van der Waals surface area contributed by atoms with Crippen molar-refractivity contribution in [3.05, 3.63) is 59.2 Å². The van der Waals surface area contributed by atoms with Crippen LogP contribution in [0.5, 0.6) is 5.75 Å². The average Bonchev–Trinajstić information content (AvgIpc) is 2.82. The number of likely N-dealkylation sites (N-methyl/N-ethyl adjacent to an activating group) is 1. The van der Waals surface area contributed by atoms with E-state index in [1.807, 2.05) is 31.2 Å². The Hall–Kier alpha value is -2.42. The number of nitrogens with zero attached hydrogens (tertiary/aromatic N) is 2. The Morgan fingerprint density at radius 3 is 2.24 bits per heavy atom. The Balaban J connectivity index is 2.31. The maximum atomic E-state index is 13.1. The van der Waals surface area contributed by atoms with Crippen molar-refractivity contribution in [1.29, 1.82) is 0 Å². The van der Waals surface area contributed by atoms with Crippen molar-refractivity contribution in [2.75, 3.05) is 39.8 Å². The van der Waals surface area contributed by atoms with Crippen molar-refractivity contribution in [3.8, 4) is 5.75 Å². The molecule has 182 valence electrons. The quantitative estimate of drug-likeness (QED) is 0.505. The molecule has 0 aliphatic rings. The van der Waals surface area contributed by atoms with E-state index in [9.17, 15) is 13.2 Å². The third kappa shape index (κ3) is 6.34. The number of hydrogen-bond acceptors (Lipinski definition) is 5. The molecule has 2 aromatic carbocycles. The van der Waals surface area contributed by atoms with Gasteiger partial charge in [-0.1, -0.05) is 45.9 Å². The predicted octanol–water partition coefficient (Wildman–Crippen LogP) is 3.85. The van der Waals surface area contributed by atoms with Gasteiger partial charge in [0.1, 0.15) is 5.75 Å². The number of sulfonamides is 1. The minimum absolute atomic E-state index is 0.0399. The summed E-state index contributed by atoms with van der Waals surface area (Å²) in [5, 5.41) is 3.03. The Kier molecular flexibility index (Phi) is 9.88. The molecule has 0 saturated carbocycles. The summed E-state index contributed by atoms with van der Waals surface area (Å²) < 4.78 is 32.6. The van der Waals surface area contributed by atoms with E-state index in [-0.39, 0.29) is 16.8 Å². The van der Waals surface area contributed by atoms with Gasteiger partial charge in [-0.25, -0.2) is 8.42 Å². The summed E-state index contributed by atoms with van der Waals surface area (Å²) in [7, 11) is -2.01. The first-order valence-corrected chi connectivity index (χ1v) is 12.9. The minimum Gasteiger partial charge on any atom is -0.497 e. The summed E-state index contributed by atoms with van der Waals surface area (Å²) in [6.07, 6.45) is 0. The van der Waals surface area contributed by atoms with E-state index in [4.69, 9.17) is 4.74 Å². The lowest BCUT2D eigenvalue weighted by Gasteiger charge is -2.30. The van der Waals surface area contributed by atoms with Gasteiger partial charge < -0.3 is 10.1 Å². The monoisotopic (exact) mass is 475 g/mol. The Bertz CT molecular complexity index is 1030. The van der Waals surface area contributed by atoms with Crippen LogP contribution in [-0.4, -0.2) is 63.4 Å². The highest BCUT2D eigenvalue weighted by molar-refractivity contribution is 7.89. The van der Waals surface area contributed by atoms with E-state index in [1.165, 1.54) is 10.4 Å². The van der Waals surface area contributed by atoms with Crippen LogP contribution in [0.3, 0.4) is 0 Å². The summed E-state index contributed by atoms with van der Waals surface area (Å²) in [6, 6.07) is 12.5. The Morgan fingerprint density at radius 1 is 1.00 bits per heavy atom. The van der Waals surface area contributed by atoms with Crippen molar-refractivity contribution in [1.82, 2.24) is 14.5 Å². The van der Waals surface area contributed by atoms with Gasteiger partial charge in [0.15, 0.2) is 0 Å². The molecule has 0 fully saturated rings. The molecule has 0 aromatic heterocycles. The zero-order valence-electron chi connectivity index (χ0n) is 20.6. The van der Waals surface area contributed by atoms with Crippen molar-refractivity contribution < 1.29 is 17.9 Å². The molecule has 0 heterocycles. The van der Waals surface area contributed by atoms with Crippen LogP contribution in [0.1, 0.15) is 55.2 Å². The molecule has 0 bridgehead atoms. The molecule has 2 rings (SSSR count). The molecule has 1 N–H and O–H groups in total. The molecule has 0 aliphatic carbocycles. The van der Waals surface area contributed by atoms with Gasteiger partial charge in [0.05, 0.1) is 18.0 Å². The molecule has 2 aromatic rings. The minimum atomic E-state index is -3.65. The number of aryl methyl sites for hydroxylation is 1. The second-order valence-corrected chi connectivity index (χ2v) is 9.73. The number of hydrogen-bond donors (Lipinski definition) is 1. The van der Waals surface area contributed by atoms with Crippen molar-refractivity contribution in [3.63, 3.8) is 0 Å². The fraction of sp³-hybridized carbons (Fsp3) is 0.480. The van der Waals surface area contributed by atoms with Crippen LogP contribution in [0, 0.1) is 6.92 Å². The zero-order valence-corrected chi connectivity index (χ0v) is 21.4. The lowest BCUT2D eigenvalue weighted by Crippen LogP contribution is -2.38. The molecule has 8 heteroatoms. The summed E-state index contributed by atoms with van der Waals surface area (Å²) in [6.45, 7) is 12.4. The summed E-state index contributed by atoms with van der Waals surface area (Å²) in [5.74, 6) is 0.477. The van der Waals surface area contributed by atoms with Crippen LogP contribution in [-0.2, 0) is 10.0 Å². The van der Waals surface area contributed by atoms with Crippen molar-refractivity contribution >= 4 is 15.9 Å². The van der Waals surface area contributed by atoms with Crippen LogP contribution in [0.15, 0.2) is 47.4 Å². The highest BCUT2D eigenvalue weighted by Crippen LogP contribution is 2.24. The fourth-order valence-electron chi connectivity index (χ4n) is 3.97. The predicted molar refractivity (Wildman–Crippen MR) is 132 cm³/mol. The Morgan fingerprint density at radius 2 is 1.67 bits per heavy atom. The van der Waals surface area contributed by atoms with Crippen LogP contribution in [0.4, 0.5) is 0 Å². The zero-order chi connectivity index (χ0) is 24.6. The van der Waals surface area contributed by atoms with Gasteiger partial charge in [-0.05, 0) is 55.4 Å². The molecule has 0 radical (unpaired) electrons. The van der Waals surface area contributed by atoms with Gasteiger partial charge in [0, 0.05) is 25.2 Å². The number of ether oxygens (including phenoxy) is 1. The molecule has 33 heavy (non-hydrogen) atoms. The summed E-state index contributed by atoms with van der Waals surface area (Å²) >= 11 is 0. The first-order chi connectivity index (χ1) is 15.7. The van der Waals surface area contributed by atoms with Gasteiger partial charge in [0.2, 0.25) is 10.0 Å². The smallest absolute Gasteiger partial charge is 0.251 e. The van der Waals surface area contributed by atoms with E-state index >= 15 is 0 Å².